The molecule has 4 heterocycles. The minimum atomic E-state index is 0.558. The summed E-state index contributed by atoms with van der Waals surface area (Å²) in [5, 5.41) is 15.1. The van der Waals surface area contributed by atoms with E-state index in [1.807, 2.05) is 4.68 Å². The third-order valence-electron chi connectivity index (χ3n) is 6.25. The van der Waals surface area contributed by atoms with Crippen LogP contribution in [-0.4, -0.2) is 41.0 Å². The van der Waals surface area contributed by atoms with E-state index in [-0.39, 0.29) is 0 Å². The van der Waals surface area contributed by atoms with Crippen molar-refractivity contribution in [2.75, 3.05) is 36.0 Å². The third kappa shape index (κ3) is 3.39. The maximum absolute atomic E-state index is 4.69. The number of allylic oxidation sites excluding steroid dienone is 1. The normalized spacial score (nSPS) is 21.0. The first-order chi connectivity index (χ1) is 14.1. The van der Waals surface area contributed by atoms with Crippen LogP contribution in [0.1, 0.15) is 30.2 Å². The van der Waals surface area contributed by atoms with E-state index < -0.39 is 0 Å². The average molecular weight is 392 g/mol. The van der Waals surface area contributed by atoms with E-state index in [2.05, 4.69) is 75.1 Å². The largest absolute Gasteiger partial charge is 0.361 e. The van der Waals surface area contributed by atoms with Gasteiger partial charge in [-0.15, -0.1) is 0 Å². The second-order valence-corrected chi connectivity index (χ2v) is 8.40. The second-order valence-electron chi connectivity index (χ2n) is 8.40. The molecule has 1 aromatic heterocycles. The number of fused-ring (bicyclic) bond motifs is 1. The monoisotopic (exact) mass is 391 g/mol. The maximum atomic E-state index is 4.69. The number of aryl methyl sites for hydroxylation is 2. The van der Waals surface area contributed by atoms with Gasteiger partial charge in [-0.05, 0) is 44.0 Å². The van der Waals surface area contributed by atoms with Gasteiger partial charge in [-0.1, -0.05) is 11.8 Å². The molecule has 7 heteroatoms. The van der Waals surface area contributed by atoms with Crippen molar-refractivity contribution in [3.05, 3.63) is 53.5 Å². The van der Waals surface area contributed by atoms with Crippen molar-refractivity contribution >= 4 is 11.4 Å². The molecule has 1 atom stereocenters. The minimum Gasteiger partial charge on any atom is -0.361 e. The fourth-order valence-corrected chi connectivity index (χ4v) is 4.74. The van der Waals surface area contributed by atoms with E-state index in [4.69, 9.17) is 0 Å². The number of anilines is 2. The molecule has 1 aromatic carbocycles. The number of rotatable bonds is 5. The Kier molecular flexibility index (Phi) is 4.53. The van der Waals surface area contributed by atoms with Crippen LogP contribution < -0.4 is 9.80 Å². The summed E-state index contributed by atoms with van der Waals surface area (Å²) in [5.74, 6) is 0.558. The lowest BCUT2D eigenvalue weighted by atomic mass is 10.1. The van der Waals surface area contributed by atoms with Crippen LogP contribution >= 0.6 is 0 Å². The summed E-state index contributed by atoms with van der Waals surface area (Å²) >= 11 is 0. The van der Waals surface area contributed by atoms with Crippen LogP contribution in [0.15, 0.2) is 47.0 Å². The predicted octanol–water partition coefficient (Wildman–Crippen LogP) is 3.75. The van der Waals surface area contributed by atoms with Gasteiger partial charge in [0.15, 0.2) is 0 Å². The topological polar surface area (TPSA) is 52.3 Å². The Hall–Kier alpha value is -2.83. The van der Waals surface area contributed by atoms with Gasteiger partial charge >= 0.3 is 0 Å². The zero-order valence-electron chi connectivity index (χ0n) is 17.4. The molecule has 3 aliphatic heterocycles. The Morgan fingerprint density at radius 2 is 2.14 bits per heavy atom. The first-order valence-electron chi connectivity index (χ1n) is 10.6. The van der Waals surface area contributed by atoms with Crippen LogP contribution in [0.4, 0.5) is 11.4 Å². The van der Waals surface area contributed by atoms with E-state index in [0.29, 0.717) is 5.92 Å². The highest BCUT2D eigenvalue weighted by Gasteiger charge is 2.29. The fraction of sp³-hybridized carbons (Fsp3) is 0.500. The highest BCUT2D eigenvalue weighted by atomic mass is 15.6. The average Bonchev–Trinajstić information content (AvgIpc) is 3.46. The summed E-state index contributed by atoms with van der Waals surface area (Å²) in [7, 11) is 0. The molecule has 3 aliphatic rings. The summed E-state index contributed by atoms with van der Waals surface area (Å²) < 4.78 is 2.04. The SMILES string of the molecule is C=C1CC(CN2CCN=N2)CN1c1ccc(N2Cc3cn(CC)nc3C2)cc1C. The Bertz CT molecular complexity index is 937. The quantitative estimate of drug-likeness (QED) is 0.779. The lowest BCUT2D eigenvalue weighted by Gasteiger charge is -2.25. The molecular formula is C22H29N7. The van der Waals surface area contributed by atoms with E-state index in [9.17, 15) is 0 Å². The molecule has 1 unspecified atom stereocenters. The standard InChI is InChI=1S/C22H29N7/c1-4-27-14-19-13-26(15-21(19)24-27)20-5-6-22(16(2)9-20)29-12-18(10-17(29)3)11-28-8-7-23-25-28/h5-6,9,14,18H,3-4,7-8,10-13,15H2,1-2H3. The smallest absolute Gasteiger partial charge is 0.0867 e. The van der Waals surface area contributed by atoms with E-state index in [0.717, 1.165) is 52.2 Å². The van der Waals surface area contributed by atoms with Gasteiger partial charge in [-0.3, -0.25) is 9.69 Å². The molecule has 5 rings (SSSR count). The van der Waals surface area contributed by atoms with Crippen molar-refractivity contribution < 1.29 is 0 Å². The Morgan fingerprint density at radius 1 is 1.24 bits per heavy atom. The number of hydrogen-bond acceptors (Lipinski definition) is 6. The molecule has 0 saturated carbocycles. The summed E-state index contributed by atoms with van der Waals surface area (Å²) in [6, 6.07) is 6.82. The van der Waals surface area contributed by atoms with Gasteiger partial charge in [0.1, 0.15) is 0 Å². The first kappa shape index (κ1) is 18.2. The Labute approximate surface area is 172 Å². The molecule has 0 radical (unpaired) electrons. The first-order valence-corrected chi connectivity index (χ1v) is 10.6. The predicted molar refractivity (Wildman–Crippen MR) is 115 cm³/mol. The minimum absolute atomic E-state index is 0.558. The molecule has 2 aromatic rings. The highest BCUT2D eigenvalue weighted by Crippen LogP contribution is 2.36. The maximum Gasteiger partial charge on any atom is 0.0867 e. The van der Waals surface area contributed by atoms with Gasteiger partial charge in [-0.25, -0.2) is 0 Å². The van der Waals surface area contributed by atoms with E-state index >= 15 is 0 Å². The van der Waals surface area contributed by atoms with Gasteiger partial charge in [-0.2, -0.15) is 10.2 Å². The molecular weight excluding hydrogens is 362 g/mol. The molecule has 0 spiro atoms. The summed E-state index contributed by atoms with van der Waals surface area (Å²) in [6.45, 7) is 15.2. The van der Waals surface area contributed by atoms with Crippen LogP contribution in [0.2, 0.25) is 0 Å². The van der Waals surface area contributed by atoms with Crippen molar-refractivity contribution in [1.29, 1.82) is 0 Å². The summed E-state index contributed by atoms with van der Waals surface area (Å²) in [6.07, 6.45) is 3.21. The van der Waals surface area contributed by atoms with Gasteiger partial charge in [0.05, 0.1) is 25.3 Å². The van der Waals surface area contributed by atoms with Crippen LogP contribution in [0.25, 0.3) is 0 Å². The van der Waals surface area contributed by atoms with Crippen molar-refractivity contribution in [3.63, 3.8) is 0 Å². The van der Waals surface area contributed by atoms with Gasteiger partial charge < -0.3 is 9.80 Å². The van der Waals surface area contributed by atoms with E-state index in [1.165, 1.54) is 33.9 Å². The van der Waals surface area contributed by atoms with Gasteiger partial charge in [0, 0.05) is 60.9 Å². The van der Waals surface area contributed by atoms with E-state index in [1.54, 1.807) is 0 Å². The molecule has 152 valence electrons. The Balaban J connectivity index is 1.28. The number of benzene rings is 1. The third-order valence-corrected chi connectivity index (χ3v) is 6.25. The Morgan fingerprint density at radius 3 is 2.86 bits per heavy atom. The number of aromatic nitrogens is 2. The van der Waals surface area contributed by atoms with Crippen LogP contribution in [0.3, 0.4) is 0 Å². The number of hydrogen-bond donors (Lipinski definition) is 0. The summed E-state index contributed by atoms with van der Waals surface area (Å²) in [4.78, 5) is 4.80. The molecule has 0 aliphatic carbocycles. The fourth-order valence-electron chi connectivity index (χ4n) is 4.74. The van der Waals surface area contributed by atoms with Crippen molar-refractivity contribution in [1.82, 2.24) is 14.8 Å². The molecule has 0 bridgehead atoms. The lowest BCUT2D eigenvalue weighted by Crippen LogP contribution is -2.27. The zero-order valence-corrected chi connectivity index (χ0v) is 17.4. The van der Waals surface area contributed by atoms with Gasteiger partial charge in [0.25, 0.3) is 0 Å². The van der Waals surface area contributed by atoms with Crippen molar-refractivity contribution in [2.45, 2.75) is 39.9 Å². The second kappa shape index (κ2) is 7.21. The van der Waals surface area contributed by atoms with Crippen molar-refractivity contribution in [3.8, 4) is 0 Å². The highest BCUT2D eigenvalue weighted by molar-refractivity contribution is 5.65. The lowest BCUT2D eigenvalue weighted by molar-refractivity contribution is 0.274. The zero-order chi connectivity index (χ0) is 20.0. The molecule has 7 nitrogen and oxygen atoms in total. The number of nitrogens with zero attached hydrogens (tertiary/aromatic N) is 7. The summed E-state index contributed by atoms with van der Waals surface area (Å²) in [5.41, 5.74) is 7.61. The van der Waals surface area contributed by atoms with Crippen LogP contribution in [0, 0.1) is 12.8 Å². The molecule has 29 heavy (non-hydrogen) atoms. The molecule has 1 saturated heterocycles. The van der Waals surface area contributed by atoms with Crippen LogP contribution in [0.5, 0.6) is 0 Å². The molecule has 0 N–H and O–H groups in total. The van der Waals surface area contributed by atoms with Gasteiger partial charge in [0.2, 0.25) is 0 Å². The van der Waals surface area contributed by atoms with Crippen molar-refractivity contribution in [2.24, 2.45) is 16.3 Å². The van der Waals surface area contributed by atoms with Crippen LogP contribution in [-0.2, 0) is 19.6 Å². The molecule has 1 fully saturated rings. The molecule has 0 amide bonds.